The summed E-state index contributed by atoms with van der Waals surface area (Å²) >= 11 is 7.00. The summed E-state index contributed by atoms with van der Waals surface area (Å²) in [6.45, 7) is 0.240. The van der Waals surface area contributed by atoms with Gasteiger partial charge in [-0.3, -0.25) is 35.1 Å². The predicted octanol–water partition coefficient (Wildman–Crippen LogP) is 3.23. The number of nitro groups is 2. The van der Waals surface area contributed by atoms with Gasteiger partial charge in [-0.25, -0.2) is 0 Å². The van der Waals surface area contributed by atoms with Crippen molar-refractivity contribution in [3.8, 4) is 0 Å². The van der Waals surface area contributed by atoms with Gasteiger partial charge in [0.1, 0.15) is 5.01 Å². The van der Waals surface area contributed by atoms with Crippen LogP contribution in [0.4, 0.5) is 16.5 Å². The van der Waals surface area contributed by atoms with Crippen LogP contribution < -0.4 is 10.6 Å². The van der Waals surface area contributed by atoms with Gasteiger partial charge in [0.25, 0.3) is 23.2 Å². The maximum atomic E-state index is 12.4. The fraction of sp³-hybridized carbons (Fsp3) is 0.111. The fourth-order valence-electron chi connectivity index (χ4n) is 2.54. The molecule has 2 N–H and O–H groups in total. The van der Waals surface area contributed by atoms with Crippen molar-refractivity contribution < 1.29 is 19.4 Å². The van der Waals surface area contributed by atoms with Gasteiger partial charge in [0.15, 0.2) is 0 Å². The number of halogens is 1. The zero-order valence-electron chi connectivity index (χ0n) is 16.0. The van der Waals surface area contributed by atoms with E-state index in [4.69, 9.17) is 11.6 Å². The van der Waals surface area contributed by atoms with Gasteiger partial charge in [-0.2, -0.15) is 0 Å². The molecule has 0 saturated carbocycles. The molecule has 0 bridgehead atoms. The second kappa shape index (κ2) is 9.89. The third-order valence-corrected chi connectivity index (χ3v) is 5.24. The van der Waals surface area contributed by atoms with E-state index in [1.807, 2.05) is 0 Å². The van der Waals surface area contributed by atoms with E-state index in [0.29, 0.717) is 22.0 Å². The monoisotopic (exact) mass is 476 g/mol. The van der Waals surface area contributed by atoms with E-state index in [9.17, 15) is 29.8 Å². The van der Waals surface area contributed by atoms with Crippen molar-refractivity contribution in [2.24, 2.45) is 0 Å². The van der Waals surface area contributed by atoms with E-state index in [2.05, 4.69) is 20.8 Å². The standard InChI is InChI=1S/C18H13ClN6O6S/c19-14-4-2-1-3-13(14)17(27)20-6-5-15-22-23-18(32-15)21-16(26)10-7-11(24(28)29)9-12(8-10)25(30)31/h1-4,7-9H,5-6H2,(H,20,27)(H,21,23,26). The topological polar surface area (TPSA) is 170 Å². The molecule has 0 radical (unpaired) electrons. The first kappa shape index (κ1) is 22.7. The number of hydrogen-bond acceptors (Lipinski definition) is 9. The highest BCUT2D eigenvalue weighted by molar-refractivity contribution is 7.15. The molecule has 2 amide bonds. The normalized spacial score (nSPS) is 10.4. The summed E-state index contributed by atoms with van der Waals surface area (Å²) in [5.74, 6) is -1.16. The van der Waals surface area contributed by atoms with E-state index in [1.54, 1.807) is 24.3 Å². The Morgan fingerprint density at radius 1 is 1.00 bits per heavy atom. The first-order valence-corrected chi connectivity index (χ1v) is 10.0. The molecule has 0 unspecified atom stereocenters. The largest absolute Gasteiger partial charge is 0.352 e. The number of anilines is 1. The third kappa shape index (κ3) is 5.59. The molecule has 0 fully saturated rings. The van der Waals surface area contributed by atoms with Crippen LogP contribution in [-0.4, -0.2) is 38.4 Å². The SMILES string of the molecule is O=C(Nc1nnc(CCNC(=O)c2ccccc2Cl)s1)c1cc([N+](=O)[O-])cc([N+](=O)[O-])c1. The molecule has 0 spiro atoms. The van der Waals surface area contributed by atoms with Gasteiger partial charge < -0.3 is 5.32 Å². The minimum Gasteiger partial charge on any atom is -0.352 e. The first-order valence-electron chi connectivity index (χ1n) is 8.85. The van der Waals surface area contributed by atoms with Crippen LogP contribution in [0.3, 0.4) is 0 Å². The molecule has 14 heteroatoms. The van der Waals surface area contributed by atoms with Crippen LogP contribution in [0.15, 0.2) is 42.5 Å². The zero-order chi connectivity index (χ0) is 23.3. The van der Waals surface area contributed by atoms with E-state index in [-0.39, 0.29) is 23.1 Å². The fourth-order valence-corrected chi connectivity index (χ4v) is 3.49. The lowest BCUT2D eigenvalue weighted by atomic mass is 10.1. The predicted molar refractivity (Wildman–Crippen MR) is 115 cm³/mol. The summed E-state index contributed by atoms with van der Waals surface area (Å²) in [7, 11) is 0. The van der Waals surface area contributed by atoms with E-state index in [1.165, 1.54) is 0 Å². The summed E-state index contributed by atoms with van der Waals surface area (Å²) in [4.78, 5) is 44.8. The molecular formula is C18H13ClN6O6S. The maximum absolute atomic E-state index is 12.4. The molecule has 0 aliphatic rings. The molecule has 12 nitrogen and oxygen atoms in total. The number of nitrogens with one attached hydrogen (secondary N) is 2. The highest BCUT2D eigenvalue weighted by Gasteiger charge is 2.21. The Balaban J connectivity index is 1.61. The van der Waals surface area contributed by atoms with Gasteiger partial charge in [0, 0.05) is 25.1 Å². The number of rotatable bonds is 8. The number of nitrogens with zero attached hydrogens (tertiary/aromatic N) is 4. The van der Waals surface area contributed by atoms with Gasteiger partial charge in [-0.1, -0.05) is 35.1 Å². The summed E-state index contributed by atoms with van der Waals surface area (Å²) in [6, 6.07) is 9.21. The van der Waals surface area contributed by atoms with Crippen LogP contribution in [0.25, 0.3) is 0 Å². The second-order valence-corrected chi connectivity index (χ2v) is 7.66. The summed E-state index contributed by atoms with van der Waals surface area (Å²) in [5.41, 5.74) is -1.10. The minimum absolute atomic E-state index is 0.0941. The molecule has 0 saturated heterocycles. The highest BCUT2D eigenvalue weighted by Crippen LogP contribution is 2.24. The molecule has 0 aliphatic carbocycles. The Labute approximate surface area is 188 Å². The quantitative estimate of drug-likeness (QED) is 0.368. The molecule has 3 aromatic rings. The van der Waals surface area contributed by atoms with Crippen molar-refractivity contribution in [1.82, 2.24) is 15.5 Å². The number of carbonyl (C=O) groups excluding carboxylic acids is 2. The molecule has 3 rings (SSSR count). The van der Waals surface area contributed by atoms with Crippen LogP contribution in [0.1, 0.15) is 25.7 Å². The Bertz CT molecular complexity index is 1180. The van der Waals surface area contributed by atoms with Crippen molar-refractivity contribution >= 4 is 51.3 Å². The van der Waals surface area contributed by atoms with Crippen LogP contribution in [0.2, 0.25) is 5.02 Å². The number of carbonyl (C=O) groups is 2. The molecule has 164 valence electrons. The van der Waals surface area contributed by atoms with Crippen molar-refractivity contribution in [2.75, 3.05) is 11.9 Å². The van der Waals surface area contributed by atoms with Crippen molar-refractivity contribution in [3.05, 3.63) is 83.9 Å². The minimum atomic E-state index is -0.830. The Morgan fingerprint density at radius 2 is 1.66 bits per heavy atom. The van der Waals surface area contributed by atoms with Crippen LogP contribution in [0.5, 0.6) is 0 Å². The molecule has 2 aromatic carbocycles. The van der Waals surface area contributed by atoms with Gasteiger partial charge in [0.2, 0.25) is 5.13 Å². The number of non-ortho nitro benzene ring substituents is 2. The van der Waals surface area contributed by atoms with Crippen molar-refractivity contribution in [3.63, 3.8) is 0 Å². The lowest BCUT2D eigenvalue weighted by molar-refractivity contribution is -0.394. The highest BCUT2D eigenvalue weighted by atomic mass is 35.5. The van der Waals surface area contributed by atoms with Crippen LogP contribution in [0, 0.1) is 20.2 Å². The molecule has 0 aliphatic heterocycles. The van der Waals surface area contributed by atoms with Gasteiger partial charge in [-0.15, -0.1) is 10.2 Å². The van der Waals surface area contributed by atoms with Gasteiger partial charge in [0.05, 0.1) is 32.1 Å². The Hall–Kier alpha value is -3.97. The first-order chi connectivity index (χ1) is 15.2. The molecule has 1 heterocycles. The lowest BCUT2D eigenvalue weighted by Crippen LogP contribution is -2.25. The summed E-state index contributed by atoms with van der Waals surface area (Å²) in [5, 5.41) is 35.7. The number of amides is 2. The Kier molecular flexibility index (Phi) is 7.02. The Morgan fingerprint density at radius 3 is 2.28 bits per heavy atom. The van der Waals surface area contributed by atoms with Crippen LogP contribution >= 0.6 is 22.9 Å². The average Bonchev–Trinajstić information content (AvgIpc) is 3.20. The van der Waals surface area contributed by atoms with E-state index in [0.717, 1.165) is 29.5 Å². The van der Waals surface area contributed by atoms with E-state index >= 15 is 0 Å². The summed E-state index contributed by atoms with van der Waals surface area (Å²) in [6.07, 6.45) is 0.325. The number of nitro benzene ring substituents is 2. The van der Waals surface area contributed by atoms with Gasteiger partial charge >= 0.3 is 0 Å². The number of hydrogen-bond donors (Lipinski definition) is 2. The van der Waals surface area contributed by atoms with E-state index < -0.39 is 27.1 Å². The maximum Gasteiger partial charge on any atom is 0.277 e. The van der Waals surface area contributed by atoms with Crippen molar-refractivity contribution in [2.45, 2.75) is 6.42 Å². The average molecular weight is 477 g/mol. The molecule has 1 aromatic heterocycles. The molecule has 0 atom stereocenters. The number of benzene rings is 2. The summed E-state index contributed by atoms with van der Waals surface area (Å²) < 4.78 is 0. The zero-order valence-corrected chi connectivity index (χ0v) is 17.6. The second-order valence-electron chi connectivity index (χ2n) is 6.19. The lowest BCUT2D eigenvalue weighted by Gasteiger charge is -2.05. The third-order valence-electron chi connectivity index (χ3n) is 4.02. The van der Waals surface area contributed by atoms with Crippen LogP contribution in [-0.2, 0) is 6.42 Å². The molecular weight excluding hydrogens is 464 g/mol. The smallest absolute Gasteiger partial charge is 0.277 e. The number of aromatic nitrogens is 2. The van der Waals surface area contributed by atoms with Crippen molar-refractivity contribution in [1.29, 1.82) is 0 Å². The molecule has 32 heavy (non-hydrogen) atoms. The van der Waals surface area contributed by atoms with Gasteiger partial charge in [-0.05, 0) is 12.1 Å².